The number of nitrogens with two attached hydrogens (primary N) is 1. The molecular formula is C46H76N8O9. The molecule has 0 bridgehead atoms. The van der Waals surface area contributed by atoms with E-state index in [1.807, 2.05) is 91.2 Å². The molecule has 1 aromatic heterocycles. The van der Waals surface area contributed by atoms with Crippen molar-refractivity contribution >= 4 is 23.5 Å². The summed E-state index contributed by atoms with van der Waals surface area (Å²) in [5, 5.41) is 24.0. The number of aliphatic hydroxyl groups excluding tert-OH is 1. The van der Waals surface area contributed by atoms with Crippen molar-refractivity contribution in [1.29, 1.82) is 0 Å². The number of carbonyl (C=O) groups excluding carboxylic acids is 3. The van der Waals surface area contributed by atoms with E-state index in [1.165, 1.54) is 0 Å². The van der Waals surface area contributed by atoms with E-state index in [4.69, 9.17) is 29.4 Å². The van der Waals surface area contributed by atoms with Gasteiger partial charge in [-0.3, -0.25) is 19.2 Å². The molecule has 1 unspecified atom stereocenters. The number of aliphatic hydroxyl groups is 1. The topological polar surface area (TPSA) is 196 Å². The molecule has 4 N–H and O–H groups in total. The Morgan fingerprint density at radius 1 is 1.06 bits per heavy atom. The average molecular weight is 885 g/mol. The maximum absolute atomic E-state index is 14.5. The highest BCUT2D eigenvalue weighted by molar-refractivity contribution is 6.00. The predicted octanol–water partition coefficient (Wildman–Crippen LogP) is 4.22. The molecule has 2 aromatic rings. The van der Waals surface area contributed by atoms with Crippen molar-refractivity contribution in [3.05, 3.63) is 30.5 Å². The first-order valence-electron chi connectivity index (χ1n) is 22.8. The smallest absolute Gasteiger partial charge is 0.410 e. The summed E-state index contributed by atoms with van der Waals surface area (Å²) >= 11 is 0. The summed E-state index contributed by atoms with van der Waals surface area (Å²) in [7, 11) is 9.44. The van der Waals surface area contributed by atoms with Crippen LogP contribution in [0, 0.1) is 17.8 Å². The highest BCUT2D eigenvalue weighted by atomic mass is 16.7. The second-order valence-corrected chi connectivity index (χ2v) is 19.2. The van der Waals surface area contributed by atoms with Gasteiger partial charge in [0.2, 0.25) is 0 Å². The number of cyclic esters (lactones) is 1. The van der Waals surface area contributed by atoms with Crippen LogP contribution < -0.4 is 11.1 Å². The fourth-order valence-corrected chi connectivity index (χ4v) is 9.93. The van der Waals surface area contributed by atoms with Gasteiger partial charge in [-0.05, 0) is 126 Å². The first-order valence-corrected chi connectivity index (χ1v) is 22.8. The normalized spacial score (nSPS) is 35.0. The molecule has 13 atom stereocenters. The van der Waals surface area contributed by atoms with E-state index in [-0.39, 0.29) is 24.1 Å². The van der Waals surface area contributed by atoms with Gasteiger partial charge in [0.1, 0.15) is 23.8 Å². The largest absolute Gasteiger partial charge is 0.458 e. The Balaban J connectivity index is 1.45. The van der Waals surface area contributed by atoms with Crippen LogP contribution in [-0.2, 0) is 39.8 Å². The number of anilines is 1. The van der Waals surface area contributed by atoms with Crippen molar-refractivity contribution in [3.63, 3.8) is 0 Å². The fourth-order valence-electron chi connectivity index (χ4n) is 9.93. The number of ether oxygens (including phenoxy) is 5. The summed E-state index contributed by atoms with van der Waals surface area (Å²) in [6.07, 6.45) is 0.785. The molecule has 3 fully saturated rings. The number of ketones is 1. The number of hydrogen-bond acceptors (Lipinski definition) is 15. The molecule has 0 saturated carbocycles. The molecular weight excluding hydrogens is 809 g/mol. The second kappa shape index (κ2) is 21.5. The number of fused-ring (bicyclic) bond motifs is 1. The number of amides is 1. The lowest BCUT2D eigenvalue weighted by Gasteiger charge is -2.46. The van der Waals surface area contributed by atoms with E-state index in [0.29, 0.717) is 70.4 Å². The zero-order valence-corrected chi connectivity index (χ0v) is 39.8. The minimum atomic E-state index is -1.26. The molecule has 1 amide bonds. The van der Waals surface area contributed by atoms with Crippen molar-refractivity contribution < 1.29 is 43.2 Å². The maximum atomic E-state index is 14.5. The number of nitrogens with one attached hydrogen (secondary N) is 1. The first kappa shape index (κ1) is 50.3. The summed E-state index contributed by atoms with van der Waals surface area (Å²) < 4.78 is 33.7. The number of methoxy groups -OCH3 is 1. The Labute approximate surface area is 374 Å². The van der Waals surface area contributed by atoms with Gasteiger partial charge >= 0.3 is 12.1 Å². The van der Waals surface area contributed by atoms with Gasteiger partial charge in [0, 0.05) is 49.5 Å². The Hall–Kier alpha value is -3.71. The predicted molar refractivity (Wildman–Crippen MR) is 239 cm³/mol. The van der Waals surface area contributed by atoms with Gasteiger partial charge in [-0.25, -0.2) is 4.79 Å². The molecule has 63 heavy (non-hydrogen) atoms. The minimum absolute atomic E-state index is 0.0316. The van der Waals surface area contributed by atoms with Crippen LogP contribution in [0.3, 0.4) is 0 Å². The Bertz CT molecular complexity index is 1830. The van der Waals surface area contributed by atoms with Crippen LogP contribution >= 0.6 is 0 Å². The number of aromatic nitrogens is 3. The number of hydrogen-bond donors (Lipinski definition) is 3. The number of rotatable bonds is 14. The number of Topliss-reactive ketones (excluding diaryl/α,β-unsaturated/α-hetero) is 1. The Kier molecular flexibility index (Phi) is 17.2. The standard InChI is InChI=1S/C46H76N8O9/c1-13-37-46(7)40(54(44(58)63-46)21-15-14-20-53-27-35(49-50-53)32-17-16-18-33(47)24-32)34(19-22-51(8)9)48-26-28(2)25-45(6,59-12)41(30(4)38(55)31(5)42(57)61-37)62-43-39(56)36(52(10)11)23-29(3)60-43/h16-18,24,27-31,34,36-37,39-41,43,48,56H,13-15,19-23,25-26,47H2,1-12H3/t28-,29-,30+,31-,34-,36?,37-,39-,40-,41-,43+,45-,46-/m1/s1. The second-order valence-electron chi connectivity index (χ2n) is 19.2. The number of esters is 1. The molecule has 4 heterocycles. The Morgan fingerprint density at radius 2 is 1.78 bits per heavy atom. The summed E-state index contributed by atoms with van der Waals surface area (Å²) in [4.78, 5) is 48.7. The van der Waals surface area contributed by atoms with Gasteiger partial charge in [0.15, 0.2) is 17.7 Å². The number of aryl methyl sites for hydroxylation is 1. The lowest BCUT2D eigenvalue weighted by atomic mass is 9.78. The van der Waals surface area contributed by atoms with E-state index in [0.717, 1.165) is 11.3 Å². The molecule has 3 saturated heterocycles. The molecule has 17 nitrogen and oxygen atoms in total. The summed E-state index contributed by atoms with van der Waals surface area (Å²) in [6.45, 7) is 15.2. The van der Waals surface area contributed by atoms with E-state index in [9.17, 15) is 19.5 Å². The molecule has 0 aliphatic carbocycles. The number of nitrogen functional groups attached to an aromatic ring is 1. The van der Waals surface area contributed by atoms with Crippen LogP contribution in [0.5, 0.6) is 0 Å². The number of unbranched alkanes of at least 4 members (excludes halogenated alkanes) is 1. The summed E-state index contributed by atoms with van der Waals surface area (Å²) in [6, 6.07) is 6.46. The molecule has 0 radical (unpaired) electrons. The zero-order valence-electron chi connectivity index (χ0n) is 39.8. The zero-order chi connectivity index (χ0) is 46.4. The number of likely N-dealkylation sites (N-methyl/N-ethyl adjacent to an activating group) is 1. The molecule has 5 rings (SSSR count). The summed E-state index contributed by atoms with van der Waals surface area (Å²) in [5.74, 6) is -3.20. The lowest BCUT2D eigenvalue weighted by molar-refractivity contribution is -0.295. The fraction of sp³-hybridized carbons (Fsp3) is 0.761. The van der Waals surface area contributed by atoms with Gasteiger partial charge in [-0.2, -0.15) is 0 Å². The van der Waals surface area contributed by atoms with Crippen LogP contribution in [-0.4, -0.2) is 168 Å². The maximum Gasteiger partial charge on any atom is 0.410 e. The average Bonchev–Trinajstić information content (AvgIpc) is 3.81. The third-order valence-electron chi connectivity index (χ3n) is 13.5. The lowest BCUT2D eigenvalue weighted by Crippen LogP contribution is -2.62. The van der Waals surface area contributed by atoms with E-state index in [1.54, 1.807) is 30.5 Å². The van der Waals surface area contributed by atoms with Crippen LogP contribution in [0.2, 0.25) is 0 Å². The third kappa shape index (κ3) is 11.8. The van der Waals surface area contributed by atoms with E-state index >= 15 is 0 Å². The van der Waals surface area contributed by atoms with Crippen LogP contribution in [0.25, 0.3) is 11.3 Å². The van der Waals surface area contributed by atoms with Crippen molar-refractivity contribution in [3.8, 4) is 11.3 Å². The van der Waals surface area contributed by atoms with Gasteiger partial charge < -0.3 is 49.6 Å². The minimum Gasteiger partial charge on any atom is -0.458 e. The van der Waals surface area contributed by atoms with Crippen molar-refractivity contribution in [2.45, 2.75) is 154 Å². The highest BCUT2D eigenvalue weighted by Gasteiger charge is 2.59. The number of benzene rings is 1. The molecule has 0 spiro atoms. The quantitative estimate of drug-likeness (QED) is 0.106. The first-order chi connectivity index (χ1) is 29.7. The molecule has 354 valence electrons. The van der Waals surface area contributed by atoms with Crippen molar-refractivity contribution in [1.82, 2.24) is 35.0 Å². The number of carbonyl (C=O) groups is 3. The molecule has 1 aromatic carbocycles. The van der Waals surface area contributed by atoms with Crippen LogP contribution in [0.15, 0.2) is 30.5 Å². The van der Waals surface area contributed by atoms with Gasteiger partial charge in [0.25, 0.3) is 0 Å². The van der Waals surface area contributed by atoms with Crippen molar-refractivity contribution in [2.24, 2.45) is 17.8 Å². The van der Waals surface area contributed by atoms with Gasteiger partial charge in [0.05, 0.1) is 30.0 Å². The van der Waals surface area contributed by atoms with Crippen LogP contribution in [0.1, 0.15) is 87.0 Å². The SMILES string of the molecule is CC[C@H]1OC(=O)[C@H](C)C(=O)[C@H](C)[C@@H](O[C@@H]2O[C@H](C)CC(N(C)C)[C@H]2O)[C@](C)(OC)C[C@@H](C)CN[C@H](CCN(C)C)[C@H]2N(CCCCn3cc(-c4cccc(N)c4)nn3)C(=O)O[C@]12C. The Morgan fingerprint density at radius 3 is 2.43 bits per heavy atom. The monoisotopic (exact) mass is 885 g/mol. The third-order valence-corrected chi connectivity index (χ3v) is 13.5. The van der Waals surface area contributed by atoms with E-state index in [2.05, 4.69) is 27.5 Å². The molecule has 3 aliphatic rings. The van der Waals surface area contributed by atoms with Crippen LogP contribution in [0.4, 0.5) is 10.5 Å². The van der Waals surface area contributed by atoms with Crippen molar-refractivity contribution in [2.75, 3.05) is 60.7 Å². The summed E-state index contributed by atoms with van der Waals surface area (Å²) in [5.41, 5.74) is 5.93. The molecule has 17 heteroatoms. The van der Waals surface area contributed by atoms with Gasteiger partial charge in [-0.15, -0.1) is 5.10 Å². The molecule has 3 aliphatic heterocycles. The van der Waals surface area contributed by atoms with Gasteiger partial charge in [-0.1, -0.05) is 38.1 Å². The number of nitrogens with zero attached hydrogens (tertiary/aromatic N) is 6. The highest BCUT2D eigenvalue weighted by Crippen LogP contribution is 2.41. The van der Waals surface area contributed by atoms with E-state index < -0.39 is 71.5 Å².